The van der Waals surface area contributed by atoms with E-state index < -0.39 is 36.9 Å². The number of rotatable bonds is 12. The average molecular weight is 454 g/mol. The van der Waals surface area contributed by atoms with Crippen LogP contribution >= 0.6 is 18.9 Å². The number of aliphatic hydroxyl groups is 1. The lowest BCUT2D eigenvalue weighted by Gasteiger charge is -2.11. The Kier molecular flexibility index (Phi) is 10.4. The third-order valence-corrected chi connectivity index (χ3v) is 6.00. The summed E-state index contributed by atoms with van der Waals surface area (Å²) in [5, 5.41) is 17.2. The molecule has 1 rings (SSSR count). The highest BCUT2D eigenvalue weighted by atomic mass is 127. The maximum atomic E-state index is 11.5. The van der Waals surface area contributed by atoms with Crippen molar-refractivity contribution in [1.82, 2.24) is 0 Å². The summed E-state index contributed by atoms with van der Waals surface area (Å²) in [5.41, 5.74) is -0.121. The van der Waals surface area contributed by atoms with Crippen molar-refractivity contribution >= 4 is 50.8 Å². The minimum Gasteiger partial charge on any atom is -0.461 e. The molecule has 2 N–H and O–H groups in total. The van der Waals surface area contributed by atoms with Crippen LogP contribution in [0.25, 0.3) is 0 Å². The van der Waals surface area contributed by atoms with Gasteiger partial charge in [0.1, 0.15) is 24.6 Å². The molecular formula is C15H23IN2O6. The van der Waals surface area contributed by atoms with Gasteiger partial charge in [-0.2, -0.15) is 0 Å². The van der Waals surface area contributed by atoms with Crippen LogP contribution < -0.4 is 0 Å². The standard InChI is InChI=1S/C15H23IN2O6/c1-18-9-14(20)23-7-3-2-6-22-10-12(19)11-24-15(21)13(17)8-16-4-5-16/h4,8-9,12,17,19H,2-3,5-7,10-11H2,1H3. The van der Waals surface area contributed by atoms with Crippen molar-refractivity contribution in [3.63, 3.8) is 0 Å². The molecule has 9 heteroatoms. The van der Waals surface area contributed by atoms with Crippen LogP contribution in [0.3, 0.4) is 0 Å². The zero-order valence-corrected chi connectivity index (χ0v) is 15.7. The molecule has 0 radical (unpaired) electrons. The molecule has 0 fully saturated rings. The van der Waals surface area contributed by atoms with Crippen LogP contribution in [0.2, 0.25) is 0 Å². The number of esters is 2. The van der Waals surface area contributed by atoms with Crippen molar-refractivity contribution in [2.75, 3.05) is 37.9 Å². The van der Waals surface area contributed by atoms with Gasteiger partial charge in [-0.05, 0) is 20.9 Å². The van der Waals surface area contributed by atoms with Gasteiger partial charge in [0.05, 0.1) is 13.2 Å². The highest BCUT2D eigenvalue weighted by Gasteiger charge is 2.13. The van der Waals surface area contributed by atoms with E-state index >= 15 is 0 Å². The number of ether oxygens (including phenoxy) is 3. The molecule has 24 heavy (non-hydrogen) atoms. The van der Waals surface area contributed by atoms with Crippen molar-refractivity contribution in [2.24, 2.45) is 4.99 Å². The molecule has 1 aliphatic heterocycles. The fraction of sp³-hybridized carbons (Fsp3) is 0.600. The molecule has 1 aliphatic rings. The van der Waals surface area contributed by atoms with Crippen LogP contribution in [0.15, 0.2) is 4.99 Å². The normalized spacial score (nSPS) is 17.3. The number of alkyl halides is 1. The zero-order chi connectivity index (χ0) is 17.8. The second-order valence-corrected chi connectivity index (χ2v) is 9.72. The summed E-state index contributed by atoms with van der Waals surface area (Å²) in [7, 11) is 1.49. The van der Waals surface area contributed by atoms with E-state index in [0.29, 0.717) is 19.4 Å². The first-order chi connectivity index (χ1) is 11.5. The third-order valence-electron chi connectivity index (χ3n) is 2.68. The van der Waals surface area contributed by atoms with Gasteiger partial charge in [-0.25, -0.2) is 9.59 Å². The topological polar surface area (TPSA) is 118 Å². The van der Waals surface area contributed by atoms with E-state index in [9.17, 15) is 14.7 Å². The van der Waals surface area contributed by atoms with Gasteiger partial charge in [0, 0.05) is 18.1 Å². The number of hydrogen-bond donors (Lipinski definition) is 2. The first-order valence-corrected chi connectivity index (χ1v) is 11.5. The Morgan fingerprint density at radius 1 is 1.33 bits per heavy atom. The van der Waals surface area contributed by atoms with Crippen molar-refractivity contribution in [3.05, 3.63) is 0 Å². The molecule has 0 bridgehead atoms. The molecule has 0 spiro atoms. The Balaban J connectivity index is 1.98. The van der Waals surface area contributed by atoms with Gasteiger partial charge >= 0.3 is 11.9 Å². The number of halogens is 1. The highest BCUT2D eigenvalue weighted by molar-refractivity contribution is 14.2. The first-order valence-electron chi connectivity index (χ1n) is 7.44. The van der Waals surface area contributed by atoms with E-state index in [1.165, 1.54) is 7.05 Å². The Bertz CT molecular complexity index is 566. The lowest BCUT2D eigenvalue weighted by Crippen LogP contribution is -2.27. The molecule has 0 saturated carbocycles. The number of hydrogen-bond acceptors (Lipinski definition) is 8. The molecule has 0 aliphatic carbocycles. The van der Waals surface area contributed by atoms with E-state index in [2.05, 4.69) is 9.00 Å². The van der Waals surface area contributed by atoms with Gasteiger partial charge < -0.3 is 19.3 Å². The molecule has 1 unspecified atom stereocenters. The molecule has 136 valence electrons. The molecule has 0 aromatic rings. The summed E-state index contributed by atoms with van der Waals surface area (Å²) >= 11 is -1.19. The number of aliphatic hydroxyl groups excluding tert-OH is 1. The van der Waals surface area contributed by atoms with Gasteiger partial charge in [0.2, 0.25) is 0 Å². The van der Waals surface area contributed by atoms with Gasteiger partial charge in [0.15, 0.2) is 0 Å². The van der Waals surface area contributed by atoms with E-state index in [0.717, 1.165) is 10.6 Å². The second-order valence-electron chi connectivity index (χ2n) is 4.86. The fourth-order valence-corrected chi connectivity index (χ4v) is 4.49. The van der Waals surface area contributed by atoms with Gasteiger partial charge in [0.25, 0.3) is 0 Å². The van der Waals surface area contributed by atoms with Crippen molar-refractivity contribution in [1.29, 1.82) is 5.41 Å². The number of carbonyl (C=O) groups is 2. The molecular weight excluding hydrogens is 431 g/mol. The number of nitrogens with one attached hydrogen (secondary N) is 1. The predicted molar refractivity (Wildman–Crippen MR) is 101 cm³/mol. The minimum atomic E-state index is -1.19. The van der Waals surface area contributed by atoms with Crippen molar-refractivity contribution < 1.29 is 28.9 Å². The molecule has 0 amide bonds. The van der Waals surface area contributed by atoms with E-state index in [4.69, 9.17) is 19.6 Å². The van der Waals surface area contributed by atoms with Crippen LogP contribution in [0.1, 0.15) is 12.8 Å². The molecule has 0 saturated heterocycles. The van der Waals surface area contributed by atoms with Gasteiger partial charge in [-0.3, -0.25) is 10.4 Å². The maximum Gasteiger partial charge on any atom is 0.356 e. The second kappa shape index (κ2) is 12.1. The fourth-order valence-electron chi connectivity index (χ4n) is 1.45. The lowest BCUT2D eigenvalue weighted by molar-refractivity contribution is -0.139. The van der Waals surface area contributed by atoms with E-state index in [1.807, 2.05) is 0 Å². The quantitative estimate of drug-likeness (QED) is 0.142. The number of nitrogens with zero attached hydrogens (tertiary/aromatic N) is 1. The van der Waals surface area contributed by atoms with E-state index in [1.54, 1.807) is 4.01 Å². The molecule has 0 aromatic carbocycles. The van der Waals surface area contributed by atoms with Crippen LogP contribution in [0.5, 0.6) is 0 Å². The summed E-state index contributed by atoms with van der Waals surface area (Å²) in [6.07, 6.45) is 1.50. The average Bonchev–Trinajstić information content (AvgIpc) is 3.35. The third kappa shape index (κ3) is 10.4. The van der Waals surface area contributed by atoms with Crippen LogP contribution in [-0.4, -0.2) is 81.0 Å². The lowest BCUT2D eigenvalue weighted by atomic mass is 10.3. The monoisotopic (exact) mass is 454 g/mol. The molecule has 0 aromatic heterocycles. The van der Waals surface area contributed by atoms with Crippen LogP contribution in [-0.2, 0) is 23.8 Å². The largest absolute Gasteiger partial charge is 0.461 e. The van der Waals surface area contributed by atoms with Gasteiger partial charge in [-0.1, -0.05) is 0 Å². The molecule has 1 atom stereocenters. The zero-order valence-electron chi connectivity index (χ0n) is 13.6. The summed E-state index contributed by atoms with van der Waals surface area (Å²) in [6.45, 7) is 0.535. The molecule has 1 heterocycles. The smallest absolute Gasteiger partial charge is 0.356 e. The first kappa shape index (κ1) is 20.7. The summed E-state index contributed by atoms with van der Waals surface area (Å²) in [5.74, 6) is -1.18. The Morgan fingerprint density at radius 2 is 2.04 bits per heavy atom. The van der Waals surface area contributed by atoms with Crippen LogP contribution in [0, 0.1) is 5.41 Å². The minimum absolute atomic E-state index is 0.0406. The molecule has 8 nitrogen and oxygen atoms in total. The summed E-state index contributed by atoms with van der Waals surface area (Å²) in [6, 6.07) is 0. The number of unbranched alkanes of at least 4 members (excludes halogenated alkanes) is 1. The van der Waals surface area contributed by atoms with Crippen LogP contribution in [0.4, 0.5) is 0 Å². The number of aliphatic imine (C=N–C) groups is 1. The summed E-state index contributed by atoms with van der Waals surface area (Å²) in [4.78, 5) is 26.0. The number of carbonyl (C=O) groups excluding carboxylic acids is 2. The Labute approximate surface area is 147 Å². The van der Waals surface area contributed by atoms with E-state index in [-0.39, 0.29) is 25.5 Å². The SMILES string of the molecule is CN=CC(=O)OCCCCOCC(O)COC(=O)C(=N)C=I1=CC1. The highest BCUT2D eigenvalue weighted by Crippen LogP contribution is 2.19. The Hall–Kier alpha value is -1.33. The van der Waals surface area contributed by atoms with Gasteiger partial charge in [-0.15, -0.1) is 18.9 Å². The predicted octanol–water partition coefficient (Wildman–Crippen LogP) is 0.0753. The maximum absolute atomic E-state index is 11.5. The summed E-state index contributed by atoms with van der Waals surface area (Å²) < 4.78 is 19.8. The van der Waals surface area contributed by atoms with Crippen molar-refractivity contribution in [3.8, 4) is 0 Å². The van der Waals surface area contributed by atoms with Crippen molar-refractivity contribution in [2.45, 2.75) is 18.9 Å². The Morgan fingerprint density at radius 3 is 2.71 bits per heavy atom.